The number of epoxide rings is 1. The predicted octanol–water partition coefficient (Wildman–Crippen LogP) is 6.18. The molecule has 11 nitrogen and oxygen atoms in total. The lowest BCUT2D eigenvalue weighted by Gasteiger charge is -2.67. The molecular formula is C35H38N2O9. The van der Waals surface area contributed by atoms with E-state index >= 15 is 0 Å². The first-order chi connectivity index (χ1) is 21.6. The van der Waals surface area contributed by atoms with Crippen LogP contribution in [0.25, 0.3) is 0 Å². The minimum atomic E-state index is -0.838. The van der Waals surface area contributed by atoms with Crippen molar-refractivity contribution in [2.45, 2.75) is 84.5 Å². The van der Waals surface area contributed by atoms with Crippen LogP contribution < -0.4 is 0 Å². The third-order valence-corrected chi connectivity index (χ3v) is 12.6. The molecule has 1 aromatic heterocycles. The molecule has 0 N–H and O–H groups in total. The van der Waals surface area contributed by atoms with Crippen molar-refractivity contribution < 1.29 is 38.0 Å². The Balaban J connectivity index is 1.34. The summed E-state index contributed by atoms with van der Waals surface area (Å²) in [7, 11) is 0. The van der Waals surface area contributed by atoms with Crippen LogP contribution in [0.1, 0.15) is 82.6 Å². The number of oxime groups is 1. The Labute approximate surface area is 266 Å². The molecular weight excluding hydrogens is 592 g/mol. The largest absolute Gasteiger partial charge is 0.472 e. The van der Waals surface area contributed by atoms with Crippen LogP contribution in [0.3, 0.4) is 0 Å². The number of furan rings is 1. The fourth-order valence-electron chi connectivity index (χ4n) is 10.6. The number of nitro groups is 1. The van der Waals surface area contributed by atoms with Gasteiger partial charge < -0.3 is 18.7 Å². The van der Waals surface area contributed by atoms with Crippen LogP contribution in [0.4, 0.5) is 5.69 Å². The average molecular weight is 631 g/mol. The number of carbonyl (C=O) groups is 3. The van der Waals surface area contributed by atoms with Gasteiger partial charge in [-0.1, -0.05) is 51.9 Å². The minimum absolute atomic E-state index is 0.000840. The number of nitrogens with zero attached hydrogens (tertiary/aromatic N) is 2. The molecule has 1 spiro atoms. The van der Waals surface area contributed by atoms with Crippen LogP contribution in [0.2, 0.25) is 0 Å². The molecule has 1 saturated heterocycles. The lowest BCUT2D eigenvalue weighted by Crippen LogP contribution is -2.70. The van der Waals surface area contributed by atoms with Gasteiger partial charge in [-0.15, -0.1) is 0 Å². The van der Waals surface area contributed by atoms with Crippen molar-refractivity contribution in [1.82, 2.24) is 0 Å². The zero-order chi connectivity index (χ0) is 33.0. The number of hydrogen-bond acceptors (Lipinski definition) is 10. The van der Waals surface area contributed by atoms with Gasteiger partial charge in [0.1, 0.15) is 17.8 Å². The van der Waals surface area contributed by atoms with E-state index in [0.717, 1.165) is 24.5 Å². The second-order valence-electron chi connectivity index (χ2n) is 14.9. The van der Waals surface area contributed by atoms with Gasteiger partial charge in [0.25, 0.3) is 5.69 Å². The normalized spacial score (nSPS) is 40.7. The number of allylic oxidation sites excluding steroid dienone is 2. The molecule has 0 radical (unpaired) electrons. The molecule has 4 aliphatic carbocycles. The maximum Gasteiger partial charge on any atom is 0.365 e. The molecule has 2 heterocycles. The number of ketones is 1. The molecule has 11 heteroatoms. The van der Waals surface area contributed by atoms with Gasteiger partial charge in [-0.3, -0.25) is 19.7 Å². The maximum atomic E-state index is 13.2. The lowest BCUT2D eigenvalue weighted by atomic mass is 9.36. The summed E-state index contributed by atoms with van der Waals surface area (Å²) in [6, 6.07) is 7.18. The molecule has 3 saturated carbocycles. The van der Waals surface area contributed by atoms with E-state index in [1.165, 1.54) is 25.1 Å². The summed E-state index contributed by atoms with van der Waals surface area (Å²) in [4.78, 5) is 55.2. The smallest absolute Gasteiger partial charge is 0.365 e. The zero-order valence-electron chi connectivity index (χ0n) is 26.8. The molecule has 9 atom stereocenters. The van der Waals surface area contributed by atoms with Gasteiger partial charge in [0, 0.05) is 41.2 Å². The Morgan fingerprint density at radius 1 is 1.11 bits per heavy atom. The molecule has 4 fully saturated rings. The van der Waals surface area contributed by atoms with Gasteiger partial charge in [0.15, 0.2) is 5.78 Å². The monoisotopic (exact) mass is 630 g/mol. The minimum Gasteiger partial charge on any atom is -0.472 e. The van der Waals surface area contributed by atoms with Crippen LogP contribution in [-0.2, 0) is 23.9 Å². The van der Waals surface area contributed by atoms with Crippen molar-refractivity contribution in [2.75, 3.05) is 0 Å². The highest BCUT2D eigenvalue weighted by Gasteiger charge is 2.89. The van der Waals surface area contributed by atoms with Crippen molar-refractivity contribution >= 4 is 29.1 Å². The highest BCUT2D eigenvalue weighted by Crippen LogP contribution is 2.81. The third-order valence-electron chi connectivity index (χ3n) is 12.6. The quantitative estimate of drug-likeness (QED) is 0.124. The van der Waals surface area contributed by atoms with Crippen molar-refractivity contribution in [3.8, 4) is 0 Å². The van der Waals surface area contributed by atoms with E-state index in [0.29, 0.717) is 12.1 Å². The summed E-state index contributed by atoms with van der Waals surface area (Å²) < 4.78 is 18.6. The molecule has 1 aliphatic heterocycles. The number of esters is 1. The van der Waals surface area contributed by atoms with Crippen molar-refractivity contribution in [3.05, 3.63) is 76.3 Å². The first-order valence-electron chi connectivity index (χ1n) is 15.8. The van der Waals surface area contributed by atoms with E-state index in [4.69, 9.17) is 18.7 Å². The fourth-order valence-corrected chi connectivity index (χ4v) is 10.6. The summed E-state index contributed by atoms with van der Waals surface area (Å²) >= 11 is 0. The molecule has 46 heavy (non-hydrogen) atoms. The molecule has 7 rings (SSSR count). The molecule has 1 aromatic carbocycles. The van der Waals surface area contributed by atoms with Crippen LogP contribution in [0.15, 0.2) is 64.6 Å². The Morgan fingerprint density at radius 3 is 2.54 bits per heavy atom. The standard InChI is InChI=1S/C35H38N2O9/c1-19(38)44-26-17-24-31(2,3)25(39)11-13-32(24,4)23-10-14-33(5)27(21-12-15-43-18-21)28(29-35(33,45-29)34(23,26)6)36-46-30(40)20-8-7-9-22(16-20)37(41)42/h7-9,11-13,15-16,18,23-24,26-27,29H,10,14,17H2,1-6H3/b36-28+/t23-,24+,26-,27-,29-,32-,33+,34+,35-/m1/s1. The first kappa shape index (κ1) is 30.5. The van der Waals surface area contributed by atoms with Gasteiger partial charge >= 0.3 is 11.9 Å². The maximum absolute atomic E-state index is 13.2. The number of rotatable bonds is 5. The second kappa shape index (κ2) is 9.70. The number of fused-ring (bicyclic) bond motifs is 3. The van der Waals surface area contributed by atoms with Gasteiger partial charge in [-0.05, 0) is 60.3 Å². The SMILES string of the molecule is CC(=O)O[C@@H]1C[C@H]2C(C)(C)C(=O)C=C[C@]2(C)[C@H]2CC[C@@]3(C)[C@H](c4ccoc4)/C(=N\OC(=O)c4cccc([N+](=O)[O-])c4)[C@H]4O[C@]43[C@@]21C. The average Bonchev–Trinajstić information content (AvgIpc) is 3.45. The number of carbonyl (C=O) groups excluding carboxylic acids is 3. The number of nitro benzene ring substituents is 1. The van der Waals surface area contributed by atoms with E-state index in [2.05, 4.69) is 32.0 Å². The Hall–Kier alpha value is -4.12. The topological polar surface area (TPSA) is 151 Å². The van der Waals surface area contributed by atoms with E-state index < -0.39 is 50.9 Å². The summed E-state index contributed by atoms with van der Waals surface area (Å²) in [5.41, 5.74) is -1.98. The molecule has 242 valence electrons. The van der Waals surface area contributed by atoms with Crippen LogP contribution in [0.5, 0.6) is 0 Å². The van der Waals surface area contributed by atoms with Crippen molar-refractivity contribution in [3.63, 3.8) is 0 Å². The predicted molar refractivity (Wildman–Crippen MR) is 164 cm³/mol. The van der Waals surface area contributed by atoms with Crippen LogP contribution in [-0.4, -0.2) is 46.2 Å². The van der Waals surface area contributed by atoms with Gasteiger partial charge in [-0.2, -0.15) is 0 Å². The molecule has 5 aliphatic rings. The van der Waals surface area contributed by atoms with Gasteiger partial charge in [0.05, 0.1) is 28.7 Å². The summed E-state index contributed by atoms with van der Waals surface area (Å²) in [6.07, 6.45) is 7.96. The van der Waals surface area contributed by atoms with Crippen molar-refractivity contribution in [2.24, 2.45) is 38.7 Å². The summed E-state index contributed by atoms with van der Waals surface area (Å²) in [6.45, 7) is 11.9. The lowest BCUT2D eigenvalue weighted by molar-refractivity contribution is -0.384. The Kier molecular flexibility index (Phi) is 6.44. The molecule has 0 bridgehead atoms. The number of non-ortho nitro benzene ring substituents is 1. The second-order valence-corrected chi connectivity index (χ2v) is 14.9. The van der Waals surface area contributed by atoms with Crippen LogP contribution >= 0.6 is 0 Å². The van der Waals surface area contributed by atoms with Gasteiger partial charge in [0.2, 0.25) is 0 Å². The third kappa shape index (κ3) is 3.74. The molecule has 2 aromatic rings. The highest BCUT2D eigenvalue weighted by atomic mass is 16.7. The van der Waals surface area contributed by atoms with E-state index in [-0.39, 0.29) is 40.2 Å². The fraction of sp³-hybridized carbons (Fsp3) is 0.543. The number of ether oxygens (including phenoxy) is 2. The first-order valence-corrected chi connectivity index (χ1v) is 15.8. The van der Waals surface area contributed by atoms with E-state index in [1.54, 1.807) is 18.6 Å². The summed E-state index contributed by atoms with van der Waals surface area (Å²) in [5.74, 6) is -1.57. The Bertz CT molecular complexity index is 1730. The van der Waals surface area contributed by atoms with Gasteiger partial charge in [-0.25, -0.2) is 4.79 Å². The molecule has 0 unspecified atom stereocenters. The van der Waals surface area contributed by atoms with Crippen LogP contribution in [0, 0.1) is 43.6 Å². The number of hydrogen-bond donors (Lipinski definition) is 0. The highest BCUT2D eigenvalue weighted by molar-refractivity contribution is 6.03. The van der Waals surface area contributed by atoms with E-state index in [9.17, 15) is 24.5 Å². The molecule has 0 amide bonds. The zero-order valence-corrected chi connectivity index (χ0v) is 26.8. The Morgan fingerprint density at radius 2 is 1.87 bits per heavy atom. The summed E-state index contributed by atoms with van der Waals surface area (Å²) in [5, 5.41) is 15.7. The van der Waals surface area contributed by atoms with Crippen molar-refractivity contribution in [1.29, 1.82) is 0 Å². The van der Waals surface area contributed by atoms with E-state index in [1.807, 2.05) is 19.9 Å². The number of benzene rings is 1.